The predicted octanol–water partition coefficient (Wildman–Crippen LogP) is 2.01. The molecular weight excluding hydrogens is 458 g/mol. The molecule has 1 aliphatic heterocycles. The molecule has 34 heavy (non-hydrogen) atoms. The van der Waals surface area contributed by atoms with Gasteiger partial charge in [-0.2, -0.15) is 0 Å². The first kappa shape index (κ1) is 24.4. The molecule has 0 amide bonds. The van der Waals surface area contributed by atoms with Gasteiger partial charge in [0.15, 0.2) is 5.79 Å². The molecule has 0 spiro atoms. The lowest BCUT2D eigenvalue weighted by Gasteiger charge is -2.43. The number of rotatable bonds is 5. The van der Waals surface area contributed by atoms with Crippen LogP contribution in [0.15, 0.2) is 59.5 Å². The van der Waals surface area contributed by atoms with Crippen molar-refractivity contribution < 1.29 is 32.5 Å². The Morgan fingerprint density at radius 3 is 2.32 bits per heavy atom. The molecule has 2 aromatic rings. The van der Waals surface area contributed by atoms with Gasteiger partial charge < -0.3 is 19.3 Å². The zero-order valence-corrected chi connectivity index (χ0v) is 19.9. The molecule has 6 atom stereocenters. The fourth-order valence-corrected chi connectivity index (χ4v) is 5.65. The molecule has 9 heteroatoms. The maximum Gasteiger partial charge on any atom is 0.338 e. The van der Waals surface area contributed by atoms with E-state index in [4.69, 9.17) is 20.6 Å². The lowest BCUT2D eigenvalue weighted by molar-refractivity contribution is -0.160. The van der Waals surface area contributed by atoms with Crippen molar-refractivity contribution in [1.29, 1.82) is 0 Å². The minimum Gasteiger partial charge on any atom is -0.455 e. The van der Waals surface area contributed by atoms with Crippen LogP contribution >= 0.6 is 0 Å². The normalized spacial score (nSPS) is 30.2. The van der Waals surface area contributed by atoms with Crippen molar-refractivity contribution in [3.8, 4) is 12.3 Å². The number of ether oxygens (including phenoxy) is 3. The maximum atomic E-state index is 13.2. The second-order valence-electron chi connectivity index (χ2n) is 8.94. The summed E-state index contributed by atoms with van der Waals surface area (Å²) >= 11 is 0. The van der Waals surface area contributed by atoms with E-state index in [-0.39, 0.29) is 10.5 Å². The highest BCUT2D eigenvalue weighted by atomic mass is 32.2. The Morgan fingerprint density at radius 2 is 1.71 bits per heavy atom. The molecule has 1 saturated carbocycles. The maximum absolute atomic E-state index is 13.2. The van der Waals surface area contributed by atoms with Gasteiger partial charge in [-0.25, -0.2) is 17.9 Å². The summed E-state index contributed by atoms with van der Waals surface area (Å²) in [6.45, 7) is 5.15. The third-order valence-corrected chi connectivity index (χ3v) is 7.47. The number of nitrogens with one attached hydrogen (secondary N) is 1. The zero-order chi connectivity index (χ0) is 24.7. The summed E-state index contributed by atoms with van der Waals surface area (Å²) < 4.78 is 46.5. The highest BCUT2D eigenvalue weighted by molar-refractivity contribution is 7.89. The van der Waals surface area contributed by atoms with Gasteiger partial charge in [0.25, 0.3) is 0 Å². The van der Waals surface area contributed by atoms with Crippen molar-refractivity contribution in [3.63, 3.8) is 0 Å². The fourth-order valence-electron chi connectivity index (χ4n) is 4.38. The Balaban J connectivity index is 1.69. The molecule has 2 N–H and O–H groups in total. The number of esters is 1. The number of fused-ring (bicyclic) bond motifs is 1. The van der Waals surface area contributed by atoms with Crippen molar-refractivity contribution >= 4 is 16.0 Å². The average molecular weight is 486 g/mol. The standard InChI is InChI=1S/C25H27NO7S/c1-5-18-19(26-34(29,30)17-13-11-15(2)12-14-17)22-23(33-25(3,4)32-22)20(27)21(18)31-24(28)16-9-7-6-8-10-16/h1,6-14,18-23,26-27H,2-4H3/t18-,19-,20+,21-,22+,23-/m1/s1. The van der Waals surface area contributed by atoms with Crippen LogP contribution in [0.4, 0.5) is 0 Å². The fraction of sp³-hybridized carbons (Fsp3) is 0.400. The molecule has 0 radical (unpaired) electrons. The van der Waals surface area contributed by atoms with E-state index in [1.165, 1.54) is 12.1 Å². The monoisotopic (exact) mass is 485 g/mol. The number of carbonyl (C=O) groups excluding carboxylic acids is 1. The summed E-state index contributed by atoms with van der Waals surface area (Å²) in [6, 6.07) is 13.6. The molecule has 8 nitrogen and oxygen atoms in total. The Hall–Kier alpha value is -2.74. The Labute approximate surface area is 199 Å². The van der Waals surface area contributed by atoms with Gasteiger partial charge in [0, 0.05) is 0 Å². The summed E-state index contributed by atoms with van der Waals surface area (Å²) in [5.74, 6) is -0.314. The Bertz CT molecular complexity index is 1190. The molecule has 2 fully saturated rings. The molecule has 4 rings (SSSR count). The van der Waals surface area contributed by atoms with E-state index in [2.05, 4.69) is 10.6 Å². The SMILES string of the molecule is C#C[C@@H]1[C@@H](NS(=O)(=O)c2ccc(C)cc2)[C@@H]2OC(C)(C)O[C@@H]2[C@@H](O)[C@@H]1OC(=O)c1ccccc1. The van der Waals surface area contributed by atoms with Crippen molar-refractivity contribution in [1.82, 2.24) is 4.72 Å². The van der Waals surface area contributed by atoms with E-state index < -0.39 is 58.2 Å². The van der Waals surface area contributed by atoms with Crippen molar-refractivity contribution in [2.24, 2.45) is 5.92 Å². The highest BCUT2D eigenvalue weighted by Crippen LogP contribution is 2.41. The van der Waals surface area contributed by atoms with Crippen LogP contribution in [-0.2, 0) is 24.2 Å². The first-order valence-corrected chi connectivity index (χ1v) is 12.4. The molecule has 180 valence electrons. The summed E-state index contributed by atoms with van der Waals surface area (Å²) in [4.78, 5) is 12.8. The van der Waals surface area contributed by atoms with Gasteiger partial charge in [0.05, 0.1) is 22.4 Å². The number of hydrogen-bond donors (Lipinski definition) is 2. The topological polar surface area (TPSA) is 111 Å². The number of sulfonamides is 1. The van der Waals surface area contributed by atoms with Gasteiger partial charge in [-0.05, 0) is 45.0 Å². The number of hydrogen-bond acceptors (Lipinski definition) is 7. The van der Waals surface area contributed by atoms with Gasteiger partial charge in [0.2, 0.25) is 10.0 Å². The van der Waals surface area contributed by atoms with Crippen molar-refractivity contribution in [3.05, 3.63) is 65.7 Å². The highest BCUT2D eigenvalue weighted by Gasteiger charge is 2.59. The third-order valence-electron chi connectivity index (χ3n) is 6.00. The number of carbonyl (C=O) groups is 1. The smallest absolute Gasteiger partial charge is 0.338 e. The molecule has 1 heterocycles. The van der Waals surface area contributed by atoms with Crippen LogP contribution in [0.2, 0.25) is 0 Å². The van der Waals surface area contributed by atoms with Gasteiger partial charge >= 0.3 is 5.97 Å². The van der Waals surface area contributed by atoms with Crippen molar-refractivity contribution in [2.75, 3.05) is 0 Å². The van der Waals surface area contributed by atoms with E-state index >= 15 is 0 Å². The van der Waals surface area contributed by atoms with E-state index in [0.717, 1.165) is 5.56 Å². The van der Waals surface area contributed by atoms with Gasteiger partial charge in [-0.1, -0.05) is 41.8 Å². The van der Waals surface area contributed by atoms with Crippen LogP contribution in [0.5, 0.6) is 0 Å². The predicted molar refractivity (Wildman–Crippen MR) is 123 cm³/mol. The van der Waals surface area contributed by atoms with Crippen LogP contribution in [0.1, 0.15) is 29.8 Å². The summed E-state index contributed by atoms with van der Waals surface area (Å²) in [5.41, 5.74) is 1.18. The molecule has 1 aliphatic carbocycles. The summed E-state index contributed by atoms with van der Waals surface area (Å²) in [7, 11) is -4.02. The van der Waals surface area contributed by atoms with E-state index in [1.807, 2.05) is 6.92 Å². The quantitative estimate of drug-likeness (QED) is 0.492. The largest absolute Gasteiger partial charge is 0.455 e. The minimum atomic E-state index is -4.02. The number of aliphatic hydroxyl groups is 1. The van der Waals surface area contributed by atoms with E-state index in [9.17, 15) is 18.3 Å². The Kier molecular flexibility index (Phi) is 6.55. The van der Waals surface area contributed by atoms with Gasteiger partial charge in [0.1, 0.15) is 24.4 Å². The third kappa shape index (κ3) is 4.73. The van der Waals surface area contributed by atoms with Gasteiger partial charge in [-0.15, -0.1) is 6.42 Å². The van der Waals surface area contributed by atoms with E-state index in [1.54, 1.807) is 56.3 Å². The van der Waals surface area contributed by atoms with E-state index in [0.29, 0.717) is 0 Å². The minimum absolute atomic E-state index is 0.0487. The molecule has 0 unspecified atom stereocenters. The summed E-state index contributed by atoms with van der Waals surface area (Å²) in [5, 5.41) is 11.1. The first-order valence-electron chi connectivity index (χ1n) is 10.9. The average Bonchev–Trinajstić information content (AvgIpc) is 3.13. The number of benzene rings is 2. The second-order valence-corrected chi connectivity index (χ2v) is 10.7. The Morgan fingerprint density at radius 1 is 1.09 bits per heavy atom. The number of aliphatic hydroxyl groups excluding tert-OH is 1. The van der Waals surface area contributed by atoms with Crippen molar-refractivity contribution in [2.45, 2.75) is 61.9 Å². The molecule has 1 saturated heterocycles. The lowest BCUT2D eigenvalue weighted by atomic mass is 9.77. The molecule has 2 aromatic carbocycles. The second kappa shape index (κ2) is 9.13. The molecule has 0 bridgehead atoms. The number of terminal acetylenes is 1. The zero-order valence-electron chi connectivity index (χ0n) is 19.0. The van der Waals surface area contributed by atoms with Crippen LogP contribution in [0.3, 0.4) is 0 Å². The first-order chi connectivity index (χ1) is 16.0. The van der Waals surface area contributed by atoms with Crippen LogP contribution in [0.25, 0.3) is 0 Å². The summed E-state index contributed by atoms with van der Waals surface area (Å²) in [6.07, 6.45) is 1.36. The van der Waals surface area contributed by atoms with Crippen LogP contribution < -0.4 is 4.72 Å². The molecular formula is C25H27NO7S. The van der Waals surface area contributed by atoms with Crippen LogP contribution in [0, 0.1) is 25.2 Å². The van der Waals surface area contributed by atoms with Gasteiger partial charge in [-0.3, -0.25) is 0 Å². The lowest BCUT2D eigenvalue weighted by Crippen LogP contribution is -2.65. The van der Waals surface area contributed by atoms with Crippen LogP contribution in [-0.4, -0.2) is 55.7 Å². The number of aryl methyl sites for hydroxylation is 1. The molecule has 0 aromatic heterocycles. The molecule has 2 aliphatic rings.